The second kappa shape index (κ2) is 8.18. The Labute approximate surface area is 168 Å². The molecule has 2 N–H and O–H groups in total. The van der Waals surface area contributed by atoms with E-state index < -0.39 is 0 Å². The van der Waals surface area contributed by atoms with Crippen LogP contribution in [0, 0.1) is 5.92 Å². The minimum absolute atomic E-state index is 0.0150. The Morgan fingerprint density at radius 1 is 1.18 bits per heavy atom. The van der Waals surface area contributed by atoms with Crippen LogP contribution in [-0.2, 0) is 22.6 Å². The average molecular weight is 408 g/mol. The molecule has 0 bridgehead atoms. The summed E-state index contributed by atoms with van der Waals surface area (Å²) in [5.41, 5.74) is 7.00. The summed E-state index contributed by atoms with van der Waals surface area (Å²) in [6.45, 7) is 8.06. The maximum Gasteiger partial charge on any atom is 0.226 e. The van der Waals surface area contributed by atoms with Crippen molar-refractivity contribution < 1.29 is 9.53 Å². The van der Waals surface area contributed by atoms with Gasteiger partial charge >= 0.3 is 0 Å². The third-order valence-electron chi connectivity index (χ3n) is 5.61. The quantitative estimate of drug-likeness (QED) is 0.738. The van der Waals surface area contributed by atoms with Gasteiger partial charge in [-0.25, -0.2) is 4.98 Å². The molecular formula is C18H26ClN7O2. The summed E-state index contributed by atoms with van der Waals surface area (Å²) < 4.78 is 7.56. The van der Waals surface area contributed by atoms with Crippen LogP contribution < -0.4 is 10.6 Å². The molecule has 2 aromatic heterocycles. The van der Waals surface area contributed by atoms with E-state index in [-0.39, 0.29) is 17.1 Å². The van der Waals surface area contributed by atoms with Gasteiger partial charge in [0.2, 0.25) is 11.2 Å². The molecule has 28 heavy (non-hydrogen) atoms. The number of carbonyl (C=O) groups is 1. The van der Waals surface area contributed by atoms with Crippen LogP contribution in [0.1, 0.15) is 25.6 Å². The zero-order chi connectivity index (χ0) is 19.7. The standard InChI is InChI=1S/C18H26ClN7O2/c1-2-26-13(11-24-5-3-12(4-6-24)15(20)27)21-14-16(22-18(19)23-17(14)26)25-7-9-28-10-8-25/h12H,2-11H2,1H3,(H2,20,27). The first kappa shape index (κ1) is 19.4. The number of hydrogen-bond donors (Lipinski definition) is 1. The van der Waals surface area contributed by atoms with Crippen LogP contribution in [0.25, 0.3) is 11.2 Å². The highest BCUT2D eigenvalue weighted by atomic mass is 35.5. The maximum atomic E-state index is 11.4. The largest absolute Gasteiger partial charge is 0.378 e. The van der Waals surface area contributed by atoms with Crippen LogP contribution >= 0.6 is 11.6 Å². The molecule has 2 aromatic rings. The minimum Gasteiger partial charge on any atom is -0.378 e. The molecular weight excluding hydrogens is 382 g/mol. The summed E-state index contributed by atoms with van der Waals surface area (Å²) >= 11 is 6.24. The number of nitrogens with zero attached hydrogens (tertiary/aromatic N) is 6. The summed E-state index contributed by atoms with van der Waals surface area (Å²) in [5, 5.41) is 0.234. The Balaban J connectivity index is 1.63. The number of carbonyl (C=O) groups excluding carboxylic acids is 1. The SMILES string of the molecule is CCn1c(CN2CCC(C(N)=O)CC2)nc2c(N3CCOCC3)nc(Cl)nc21. The first-order chi connectivity index (χ1) is 13.6. The smallest absolute Gasteiger partial charge is 0.226 e. The van der Waals surface area contributed by atoms with Crippen molar-refractivity contribution in [2.75, 3.05) is 44.3 Å². The van der Waals surface area contributed by atoms with Crippen molar-refractivity contribution in [1.82, 2.24) is 24.4 Å². The van der Waals surface area contributed by atoms with E-state index in [0.717, 1.165) is 68.4 Å². The predicted octanol–water partition coefficient (Wildman–Crippen LogP) is 1.03. The molecule has 10 heteroatoms. The topological polar surface area (TPSA) is 102 Å². The lowest BCUT2D eigenvalue weighted by Crippen LogP contribution is -2.38. The van der Waals surface area contributed by atoms with Crippen molar-refractivity contribution in [3.05, 3.63) is 11.1 Å². The van der Waals surface area contributed by atoms with Crippen molar-refractivity contribution in [2.45, 2.75) is 32.9 Å². The Hall–Kier alpha value is -1.97. The lowest BCUT2D eigenvalue weighted by atomic mass is 9.96. The second-order valence-electron chi connectivity index (χ2n) is 7.31. The number of amides is 1. The maximum absolute atomic E-state index is 11.4. The van der Waals surface area contributed by atoms with Gasteiger partial charge in [-0.05, 0) is 44.5 Å². The fraction of sp³-hybridized carbons (Fsp3) is 0.667. The number of nitrogens with two attached hydrogens (primary N) is 1. The summed E-state index contributed by atoms with van der Waals surface area (Å²) in [5.74, 6) is 1.51. The van der Waals surface area contributed by atoms with E-state index in [4.69, 9.17) is 27.1 Å². The molecule has 0 aromatic carbocycles. The first-order valence-corrected chi connectivity index (χ1v) is 10.2. The summed E-state index contributed by atoms with van der Waals surface area (Å²) in [6, 6.07) is 0. The molecule has 152 valence electrons. The number of aromatic nitrogens is 4. The van der Waals surface area contributed by atoms with Gasteiger partial charge in [0.1, 0.15) is 5.82 Å². The number of likely N-dealkylation sites (tertiary alicyclic amines) is 1. The molecule has 4 rings (SSSR count). The summed E-state index contributed by atoms with van der Waals surface area (Å²) in [7, 11) is 0. The van der Waals surface area contributed by atoms with Crippen LogP contribution in [-0.4, -0.2) is 69.7 Å². The van der Waals surface area contributed by atoms with E-state index in [2.05, 4.69) is 31.3 Å². The van der Waals surface area contributed by atoms with E-state index in [9.17, 15) is 4.79 Å². The number of halogens is 1. The van der Waals surface area contributed by atoms with Gasteiger partial charge in [0.25, 0.3) is 0 Å². The van der Waals surface area contributed by atoms with Crippen molar-refractivity contribution >= 4 is 34.5 Å². The average Bonchev–Trinajstić information content (AvgIpc) is 3.05. The lowest BCUT2D eigenvalue weighted by molar-refractivity contribution is -0.123. The van der Waals surface area contributed by atoms with Gasteiger partial charge in [-0.3, -0.25) is 9.69 Å². The Bertz CT molecular complexity index is 857. The second-order valence-corrected chi connectivity index (χ2v) is 7.65. The number of anilines is 1. The van der Waals surface area contributed by atoms with Crippen LogP contribution in [0.4, 0.5) is 5.82 Å². The van der Waals surface area contributed by atoms with E-state index in [1.165, 1.54) is 0 Å². The van der Waals surface area contributed by atoms with Crippen molar-refractivity contribution in [2.24, 2.45) is 11.7 Å². The fourth-order valence-corrected chi connectivity index (χ4v) is 4.19. The van der Waals surface area contributed by atoms with Gasteiger partial charge in [-0.2, -0.15) is 9.97 Å². The highest BCUT2D eigenvalue weighted by Gasteiger charge is 2.26. The Kier molecular flexibility index (Phi) is 5.65. The van der Waals surface area contributed by atoms with Gasteiger partial charge in [0.05, 0.1) is 19.8 Å². The minimum atomic E-state index is -0.194. The summed E-state index contributed by atoms with van der Waals surface area (Å²) in [4.78, 5) is 29.7. The molecule has 0 unspecified atom stereocenters. The van der Waals surface area contributed by atoms with Gasteiger partial charge in [-0.15, -0.1) is 0 Å². The number of fused-ring (bicyclic) bond motifs is 1. The molecule has 4 heterocycles. The van der Waals surface area contributed by atoms with E-state index in [1.54, 1.807) is 0 Å². The molecule has 2 aliphatic heterocycles. The van der Waals surface area contributed by atoms with Gasteiger partial charge in [0, 0.05) is 25.6 Å². The molecule has 0 atom stereocenters. The molecule has 0 spiro atoms. The van der Waals surface area contributed by atoms with E-state index in [0.29, 0.717) is 19.8 Å². The highest BCUT2D eigenvalue weighted by Crippen LogP contribution is 2.28. The van der Waals surface area contributed by atoms with Crippen molar-refractivity contribution in [1.29, 1.82) is 0 Å². The lowest BCUT2D eigenvalue weighted by Gasteiger charge is -2.30. The van der Waals surface area contributed by atoms with Crippen LogP contribution in [0.3, 0.4) is 0 Å². The van der Waals surface area contributed by atoms with Crippen LogP contribution in [0.2, 0.25) is 5.28 Å². The fourth-order valence-electron chi connectivity index (χ4n) is 4.03. The van der Waals surface area contributed by atoms with Crippen molar-refractivity contribution in [3.63, 3.8) is 0 Å². The number of morpholine rings is 1. The monoisotopic (exact) mass is 407 g/mol. The first-order valence-electron chi connectivity index (χ1n) is 9.83. The molecule has 2 aliphatic rings. The normalized spacial score (nSPS) is 19.4. The Morgan fingerprint density at radius 3 is 2.54 bits per heavy atom. The molecule has 9 nitrogen and oxygen atoms in total. The number of ether oxygens (including phenoxy) is 1. The number of rotatable bonds is 5. The third kappa shape index (κ3) is 3.78. The number of hydrogen-bond acceptors (Lipinski definition) is 7. The van der Waals surface area contributed by atoms with E-state index in [1.807, 2.05) is 0 Å². The third-order valence-corrected chi connectivity index (χ3v) is 5.78. The number of aryl methyl sites for hydroxylation is 1. The van der Waals surface area contributed by atoms with Gasteiger partial charge < -0.3 is 19.9 Å². The number of imidazole rings is 1. The molecule has 1 amide bonds. The van der Waals surface area contributed by atoms with Crippen molar-refractivity contribution in [3.8, 4) is 0 Å². The number of primary amides is 1. The van der Waals surface area contributed by atoms with Crippen LogP contribution in [0.5, 0.6) is 0 Å². The molecule has 0 saturated carbocycles. The zero-order valence-electron chi connectivity index (χ0n) is 16.1. The zero-order valence-corrected chi connectivity index (χ0v) is 16.9. The van der Waals surface area contributed by atoms with Gasteiger partial charge in [0.15, 0.2) is 17.0 Å². The summed E-state index contributed by atoms with van der Waals surface area (Å²) in [6.07, 6.45) is 1.60. The number of piperidine rings is 1. The van der Waals surface area contributed by atoms with Crippen LogP contribution in [0.15, 0.2) is 0 Å². The van der Waals surface area contributed by atoms with Gasteiger partial charge in [-0.1, -0.05) is 0 Å². The predicted molar refractivity (Wildman–Crippen MR) is 106 cm³/mol. The molecule has 2 saturated heterocycles. The molecule has 2 fully saturated rings. The highest BCUT2D eigenvalue weighted by molar-refractivity contribution is 6.28. The molecule has 0 radical (unpaired) electrons. The van der Waals surface area contributed by atoms with E-state index >= 15 is 0 Å². The Morgan fingerprint density at radius 2 is 1.89 bits per heavy atom. The molecule has 0 aliphatic carbocycles.